The quantitative estimate of drug-likeness (QED) is 0.770. The predicted octanol–water partition coefficient (Wildman–Crippen LogP) is 3.94. The maximum absolute atomic E-state index is 6.27. The first-order valence-corrected chi connectivity index (χ1v) is 7.54. The molecule has 0 heterocycles. The van der Waals surface area contributed by atoms with Crippen LogP contribution in [0.4, 0.5) is 0 Å². The van der Waals surface area contributed by atoms with Crippen molar-refractivity contribution in [1.82, 2.24) is 5.32 Å². The molecular weight excluding hydrogens is 281 g/mol. The lowest BCUT2D eigenvalue weighted by Crippen LogP contribution is -2.42. The van der Waals surface area contributed by atoms with Crippen LogP contribution in [0.5, 0.6) is 0 Å². The normalized spacial score (nSPS) is 17.2. The Hall–Kier alpha value is -0.280. The van der Waals surface area contributed by atoms with Gasteiger partial charge in [0.25, 0.3) is 0 Å². The Morgan fingerprint density at radius 2 is 2.11 bits per heavy atom. The summed E-state index contributed by atoms with van der Waals surface area (Å²) in [6.45, 7) is 2.69. The molecule has 1 fully saturated rings. The zero-order valence-electron chi connectivity index (χ0n) is 11.3. The topological polar surface area (TPSA) is 21.3 Å². The van der Waals surface area contributed by atoms with Gasteiger partial charge in [0.2, 0.25) is 0 Å². The minimum atomic E-state index is 0.349. The fourth-order valence-corrected chi connectivity index (χ4v) is 3.08. The summed E-state index contributed by atoms with van der Waals surface area (Å²) in [4.78, 5) is 0. The van der Waals surface area contributed by atoms with Gasteiger partial charge in [-0.15, -0.1) is 0 Å². The van der Waals surface area contributed by atoms with Crippen LogP contribution in [0, 0.1) is 5.41 Å². The molecule has 0 unspecified atom stereocenters. The Labute approximate surface area is 125 Å². The SMILES string of the molecule is COCCNCC1(Cc2cc(Cl)ccc2Cl)CCC1. The van der Waals surface area contributed by atoms with Crippen LogP contribution in [0.2, 0.25) is 10.0 Å². The average molecular weight is 302 g/mol. The number of hydrogen-bond acceptors (Lipinski definition) is 2. The van der Waals surface area contributed by atoms with Crippen LogP contribution < -0.4 is 5.32 Å². The Bertz CT molecular complexity index is 419. The molecule has 0 amide bonds. The van der Waals surface area contributed by atoms with Crippen LogP contribution >= 0.6 is 23.2 Å². The van der Waals surface area contributed by atoms with Crippen molar-refractivity contribution in [2.75, 3.05) is 26.8 Å². The van der Waals surface area contributed by atoms with E-state index in [9.17, 15) is 0 Å². The number of ether oxygens (including phenoxy) is 1. The van der Waals surface area contributed by atoms with E-state index in [4.69, 9.17) is 27.9 Å². The molecule has 0 spiro atoms. The number of benzene rings is 1. The van der Waals surface area contributed by atoms with Crippen molar-refractivity contribution >= 4 is 23.2 Å². The third-order valence-electron chi connectivity index (χ3n) is 3.97. The van der Waals surface area contributed by atoms with Crippen LogP contribution in [0.15, 0.2) is 18.2 Å². The van der Waals surface area contributed by atoms with Gasteiger partial charge in [-0.25, -0.2) is 0 Å². The summed E-state index contributed by atoms with van der Waals surface area (Å²) in [5.74, 6) is 0. The second-order valence-electron chi connectivity index (χ2n) is 5.44. The molecule has 2 nitrogen and oxygen atoms in total. The Morgan fingerprint density at radius 3 is 2.74 bits per heavy atom. The van der Waals surface area contributed by atoms with Crippen molar-refractivity contribution < 1.29 is 4.74 Å². The predicted molar refractivity (Wildman–Crippen MR) is 81.2 cm³/mol. The van der Waals surface area contributed by atoms with Gasteiger partial charge in [0.1, 0.15) is 0 Å². The molecule has 0 saturated heterocycles. The smallest absolute Gasteiger partial charge is 0.0587 e. The summed E-state index contributed by atoms with van der Waals surface area (Å²) >= 11 is 12.3. The molecule has 0 aromatic heterocycles. The highest BCUT2D eigenvalue weighted by Gasteiger charge is 2.36. The molecule has 0 atom stereocenters. The number of nitrogens with one attached hydrogen (secondary N) is 1. The summed E-state index contributed by atoms with van der Waals surface area (Å²) < 4.78 is 5.06. The van der Waals surface area contributed by atoms with Gasteiger partial charge >= 0.3 is 0 Å². The standard InChI is InChI=1S/C15H21Cl2NO/c1-19-8-7-18-11-15(5-2-6-15)10-12-9-13(16)3-4-14(12)17/h3-4,9,18H,2,5-8,10-11H2,1H3. The van der Waals surface area contributed by atoms with Gasteiger partial charge < -0.3 is 10.1 Å². The van der Waals surface area contributed by atoms with Gasteiger partial charge in [0, 0.05) is 30.2 Å². The van der Waals surface area contributed by atoms with Crippen molar-refractivity contribution in [3.05, 3.63) is 33.8 Å². The van der Waals surface area contributed by atoms with E-state index in [2.05, 4.69) is 5.32 Å². The third-order valence-corrected chi connectivity index (χ3v) is 4.57. The lowest BCUT2D eigenvalue weighted by molar-refractivity contribution is 0.123. The molecule has 1 aliphatic rings. The van der Waals surface area contributed by atoms with Crippen LogP contribution in [0.25, 0.3) is 0 Å². The summed E-state index contributed by atoms with van der Waals surface area (Å²) in [6.07, 6.45) is 4.84. The number of methoxy groups -OCH3 is 1. The first kappa shape index (κ1) is 15.1. The minimum absolute atomic E-state index is 0.349. The van der Waals surface area contributed by atoms with Gasteiger partial charge in [0.15, 0.2) is 0 Å². The van der Waals surface area contributed by atoms with E-state index in [-0.39, 0.29) is 0 Å². The van der Waals surface area contributed by atoms with Gasteiger partial charge in [-0.05, 0) is 48.4 Å². The fourth-order valence-electron chi connectivity index (χ4n) is 2.70. The second kappa shape index (κ2) is 6.94. The van der Waals surface area contributed by atoms with Crippen LogP contribution in [-0.2, 0) is 11.2 Å². The first-order valence-electron chi connectivity index (χ1n) is 6.79. The lowest BCUT2D eigenvalue weighted by Gasteiger charge is -2.42. The Balaban J connectivity index is 1.96. The number of rotatable bonds is 7. The van der Waals surface area contributed by atoms with Crippen LogP contribution in [-0.4, -0.2) is 26.8 Å². The Morgan fingerprint density at radius 1 is 1.32 bits per heavy atom. The molecular formula is C15H21Cl2NO. The zero-order chi connectivity index (χ0) is 13.7. The van der Waals surface area contributed by atoms with Gasteiger partial charge in [-0.2, -0.15) is 0 Å². The molecule has 4 heteroatoms. The first-order chi connectivity index (χ1) is 9.15. The van der Waals surface area contributed by atoms with Crippen molar-refractivity contribution in [3.63, 3.8) is 0 Å². The monoisotopic (exact) mass is 301 g/mol. The molecule has 0 bridgehead atoms. The number of hydrogen-bond donors (Lipinski definition) is 1. The maximum atomic E-state index is 6.27. The van der Waals surface area contributed by atoms with Crippen LogP contribution in [0.1, 0.15) is 24.8 Å². The van der Waals surface area contributed by atoms with Crippen molar-refractivity contribution in [2.45, 2.75) is 25.7 Å². The summed E-state index contributed by atoms with van der Waals surface area (Å²) in [5.41, 5.74) is 1.52. The second-order valence-corrected chi connectivity index (χ2v) is 6.28. The van der Waals surface area contributed by atoms with Gasteiger partial charge in [-0.3, -0.25) is 0 Å². The molecule has 1 aromatic rings. The summed E-state index contributed by atoms with van der Waals surface area (Å²) in [7, 11) is 1.73. The molecule has 19 heavy (non-hydrogen) atoms. The highest BCUT2D eigenvalue weighted by Crippen LogP contribution is 2.44. The van der Waals surface area contributed by atoms with Crippen molar-refractivity contribution in [1.29, 1.82) is 0 Å². The van der Waals surface area contributed by atoms with E-state index in [0.29, 0.717) is 5.41 Å². The van der Waals surface area contributed by atoms with E-state index >= 15 is 0 Å². The van der Waals surface area contributed by atoms with E-state index in [1.54, 1.807) is 7.11 Å². The zero-order valence-corrected chi connectivity index (χ0v) is 12.9. The van der Waals surface area contributed by atoms with Gasteiger partial charge in [0.05, 0.1) is 6.61 Å². The molecule has 2 rings (SSSR count). The van der Waals surface area contributed by atoms with E-state index in [1.165, 1.54) is 24.8 Å². The Kier molecular flexibility index (Phi) is 5.52. The van der Waals surface area contributed by atoms with Gasteiger partial charge in [-0.1, -0.05) is 29.6 Å². The summed E-state index contributed by atoms with van der Waals surface area (Å²) in [5, 5.41) is 5.07. The molecule has 106 valence electrons. The highest BCUT2D eigenvalue weighted by molar-refractivity contribution is 6.33. The lowest BCUT2D eigenvalue weighted by atomic mass is 9.65. The average Bonchev–Trinajstić information content (AvgIpc) is 2.35. The fraction of sp³-hybridized carbons (Fsp3) is 0.600. The molecule has 0 aliphatic heterocycles. The van der Waals surface area contributed by atoms with Crippen molar-refractivity contribution in [3.8, 4) is 0 Å². The number of halogens is 2. The van der Waals surface area contributed by atoms with E-state index < -0.39 is 0 Å². The molecule has 1 aromatic carbocycles. The van der Waals surface area contributed by atoms with Crippen molar-refractivity contribution in [2.24, 2.45) is 5.41 Å². The third kappa shape index (κ3) is 4.09. The van der Waals surface area contributed by atoms with E-state index in [1.807, 2.05) is 18.2 Å². The largest absolute Gasteiger partial charge is 0.383 e. The van der Waals surface area contributed by atoms with Crippen LogP contribution in [0.3, 0.4) is 0 Å². The molecule has 0 radical (unpaired) electrons. The summed E-state index contributed by atoms with van der Waals surface area (Å²) in [6, 6.07) is 5.74. The maximum Gasteiger partial charge on any atom is 0.0587 e. The molecule has 1 aliphatic carbocycles. The highest BCUT2D eigenvalue weighted by atomic mass is 35.5. The molecule has 1 saturated carbocycles. The minimum Gasteiger partial charge on any atom is -0.383 e. The molecule has 1 N–H and O–H groups in total. The van der Waals surface area contributed by atoms with E-state index in [0.717, 1.165) is 36.2 Å².